The van der Waals surface area contributed by atoms with Crippen LogP contribution in [0, 0.1) is 5.92 Å². The standard InChI is InChI=1S/C39H56N6O6/c1-26(2)21-33(36(48)40-22-27(3)50-8)43-28(4)38(51-24-30-16-18-32(19-17-30)31-13-10-9-11-14-31)44-35(47)23-42-39(6,7)25-41-37(49)34-15-12-20-45(34)29(5)46/h9-11,13-14,16-19,26,33-34,38,42-43H,3-4,12,15,20-25H2,1-2,5-8H3,(H,40,48)(H,41,49)(H,44,47)/t33?,34?,38-/m0/s1. The smallest absolute Gasteiger partial charge is 0.242 e. The first-order valence-electron chi connectivity index (χ1n) is 17.5. The summed E-state index contributed by atoms with van der Waals surface area (Å²) in [5.74, 6) is -0.368. The number of likely N-dealkylation sites (tertiary alicyclic amines) is 1. The fourth-order valence-electron chi connectivity index (χ4n) is 5.64. The van der Waals surface area contributed by atoms with E-state index in [1.807, 2.05) is 82.3 Å². The SMILES string of the molecule is C=C(CNC(=O)C(CC(C)C)NC(=C)[C@@H](NC(=O)CNC(C)(C)CNC(=O)C1CCCN1C(C)=O)OCc1ccc(-c2ccccc2)cc1)OC. The molecule has 4 amide bonds. The van der Waals surface area contributed by atoms with Crippen LogP contribution in [-0.4, -0.2) is 85.7 Å². The molecule has 1 fully saturated rings. The van der Waals surface area contributed by atoms with Gasteiger partial charge in [-0.1, -0.05) is 81.6 Å². The third-order valence-corrected chi connectivity index (χ3v) is 8.61. The monoisotopic (exact) mass is 704 g/mol. The second-order valence-corrected chi connectivity index (χ2v) is 14.0. The Kier molecular flexibility index (Phi) is 15.7. The molecule has 0 spiro atoms. The molecule has 1 heterocycles. The molecular weight excluding hydrogens is 648 g/mol. The number of ether oxygens (including phenoxy) is 2. The average molecular weight is 705 g/mol. The molecule has 3 atom stereocenters. The summed E-state index contributed by atoms with van der Waals surface area (Å²) in [7, 11) is 1.49. The summed E-state index contributed by atoms with van der Waals surface area (Å²) >= 11 is 0. The summed E-state index contributed by atoms with van der Waals surface area (Å²) in [5, 5.41) is 15.0. The van der Waals surface area contributed by atoms with Crippen LogP contribution in [-0.2, 0) is 35.3 Å². The lowest BCUT2D eigenvalue weighted by Crippen LogP contribution is -2.55. The van der Waals surface area contributed by atoms with E-state index in [0.717, 1.165) is 23.1 Å². The van der Waals surface area contributed by atoms with E-state index < -0.39 is 23.9 Å². The predicted molar refractivity (Wildman–Crippen MR) is 199 cm³/mol. The van der Waals surface area contributed by atoms with Crippen molar-refractivity contribution >= 4 is 23.6 Å². The summed E-state index contributed by atoms with van der Waals surface area (Å²) in [5.41, 5.74) is 2.72. The van der Waals surface area contributed by atoms with Gasteiger partial charge in [0.2, 0.25) is 23.6 Å². The van der Waals surface area contributed by atoms with Gasteiger partial charge in [-0.15, -0.1) is 0 Å². The maximum absolute atomic E-state index is 13.3. The van der Waals surface area contributed by atoms with Gasteiger partial charge in [-0.3, -0.25) is 19.2 Å². The Bertz CT molecular complexity index is 1490. The first-order chi connectivity index (χ1) is 24.2. The molecule has 3 rings (SSSR count). The third kappa shape index (κ3) is 13.5. The fourth-order valence-corrected chi connectivity index (χ4v) is 5.64. The summed E-state index contributed by atoms with van der Waals surface area (Å²) < 4.78 is 11.3. The van der Waals surface area contributed by atoms with Crippen molar-refractivity contribution in [2.24, 2.45) is 5.92 Å². The van der Waals surface area contributed by atoms with Crippen LogP contribution in [0.15, 0.2) is 79.2 Å². The van der Waals surface area contributed by atoms with Crippen molar-refractivity contribution in [2.75, 3.05) is 33.3 Å². The molecule has 1 saturated heterocycles. The molecule has 12 heteroatoms. The van der Waals surface area contributed by atoms with E-state index in [0.29, 0.717) is 30.8 Å². The number of hydrogen-bond acceptors (Lipinski definition) is 8. The lowest BCUT2D eigenvalue weighted by atomic mass is 10.0. The number of methoxy groups -OCH3 is 1. The van der Waals surface area contributed by atoms with Crippen molar-refractivity contribution in [1.82, 2.24) is 31.5 Å². The summed E-state index contributed by atoms with van der Waals surface area (Å²) in [6.07, 6.45) is 0.930. The van der Waals surface area contributed by atoms with Crippen LogP contribution in [0.4, 0.5) is 0 Å². The largest absolute Gasteiger partial charge is 0.500 e. The molecule has 51 heavy (non-hydrogen) atoms. The summed E-state index contributed by atoms with van der Waals surface area (Å²) in [4.78, 5) is 52.9. The minimum absolute atomic E-state index is 0.0835. The highest BCUT2D eigenvalue weighted by atomic mass is 16.5. The number of carbonyl (C=O) groups is 4. The van der Waals surface area contributed by atoms with Crippen molar-refractivity contribution in [2.45, 2.75) is 84.3 Å². The van der Waals surface area contributed by atoms with Crippen molar-refractivity contribution in [3.05, 3.63) is 84.8 Å². The second-order valence-electron chi connectivity index (χ2n) is 14.0. The quantitative estimate of drug-likeness (QED) is 0.104. The third-order valence-electron chi connectivity index (χ3n) is 8.61. The van der Waals surface area contributed by atoms with Crippen LogP contribution in [0.5, 0.6) is 0 Å². The minimum Gasteiger partial charge on any atom is -0.500 e. The molecule has 5 N–H and O–H groups in total. The van der Waals surface area contributed by atoms with Gasteiger partial charge in [0.25, 0.3) is 0 Å². The van der Waals surface area contributed by atoms with Crippen LogP contribution in [0.2, 0.25) is 0 Å². The number of carbonyl (C=O) groups excluding carboxylic acids is 4. The van der Waals surface area contributed by atoms with Crippen LogP contribution in [0.3, 0.4) is 0 Å². The van der Waals surface area contributed by atoms with Crippen LogP contribution >= 0.6 is 0 Å². The Morgan fingerprint density at radius 2 is 1.61 bits per heavy atom. The number of nitrogens with one attached hydrogen (secondary N) is 5. The summed E-state index contributed by atoms with van der Waals surface area (Å²) in [6, 6.07) is 16.9. The molecule has 2 aromatic carbocycles. The highest BCUT2D eigenvalue weighted by molar-refractivity contribution is 5.87. The number of nitrogens with zero attached hydrogens (tertiary/aromatic N) is 1. The van der Waals surface area contributed by atoms with E-state index in [-0.39, 0.29) is 55.8 Å². The normalized spacial score (nSPS) is 15.4. The van der Waals surface area contributed by atoms with Gasteiger partial charge in [0.05, 0.1) is 32.5 Å². The zero-order valence-electron chi connectivity index (χ0n) is 31.0. The van der Waals surface area contributed by atoms with Gasteiger partial charge in [-0.2, -0.15) is 0 Å². The van der Waals surface area contributed by atoms with Crippen molar-refractivity contribution in [3.8, 4) is 11.1 Å². The van der Waals surface area contributed by atoms with Gasteiger partial charge in [-0.25, -0.2) is 0 Å². The molecule has 1 aliphatic rings. The highest BCUT2D eigenvalue weighted by Gasteiger charge is 2.33. The van der Waals surface area contributed by atoms with E-state index in [1.54, 1.807) is 4.90 Å². The van der Waals surface area contributed by atoms with Crippen LogP contribution in [0.25, 0.3) is 11.1 Å². The van der Waals surface area contributed by atoms with Gasteiger partial charge < -0.3 is 41.0 Å². The van der Waals surface area contributed by atoms with Gasteiger partial charge in [0.15, 0.2) is 6.23 Å². The molecule has 0 bridgehead atoms. The first-order valence-corrected chi connectivity index (χ1v) is 17.5. The lowest BCUT2D eigenvalue weighted by molar-refractivity contribution is -0.137. The van der Waals surface area contributed by atoms with Gasteiger partial charge in [0.1, 0.15) is 17.8 Å². The first kappa shape index (κ1) is 40.7. The molecule has 0 saturated carbocycles. The van der Waals surface area contributed by atoms with Gasteiger partial charge in [0, 0.05) is 25.6 Å². The van der Waals surface area contributed by atoms with Crippen molar-refractivity contribution in [1.29, 1.82) is 0 Å². The predicted octanol–water partition coefficient (Wildman–Crippen LogP) is 3.60. The number of benzene rings is 2. The zero-order chi connectivity index (χ0) is 37.6. The highest BCUT2D eigenvalue weighted by Crippen LogP contribution is 2.20. The number of rotatable bonds is 20. The molecule has 0 radical (unpaired) electrons. The van der Waals surface area contributed by atoms with E-state index in [9.17, 15) is 19.2 Å². The Morgan fingerprint density at radius 1 is 0.941 bits per heavy atom. The molecule has 2 aromatic rings. The van der Waals surface area contributed by atoms with E-state index in [4.69, 9.17) is 9.47 Å². The molecule has 0 aromatic heterocycles. The van der Waals surface area contributed by atoms with Crippen molar-refractivity contribution < 1.29 is 28.7 Å². The molecule has 0 aliphatic carbocycles. The zero-order valence-corrected chi connectivity index (χ0v) is 31.0. The topological polar surface area (TPSA) is 150 Å². The molecular formula is C39H56N6O6. The second kappa shape index (κ2) is 19.6. The molecule has 1 aliphatic heterocycles. The van der Waals surface area contributed by atoms with Gasteiger partial charge in [-0.05, 0) is 55.7 Å². The Morgan fingerprint density at radius 3 is 2.24 bits per heavy atom. The maximum atomic E-state index is 13.3. The van der Waals surface area contributed by atoms with Crippen LogP contribution in [0.1, 0.15) is 59.4 Å². The maximum Gasteiger partial charge on any atom is 0.242 e. The summed E-state index contributed by atoms with van der Waals surface area (Å²) in [6.45, 7) is 18.2. The Balaban J connectivity index is 1.67. The van der Waals surface area contributed by atoms with Crippen molar-refractivity contribution in [3.63, 3.8) is 0 Å². The van der Waals surface area contributed by atoms with E-state index in [2.05, 4.69) is 39.7 Å². The van der Waals surface area contributed by atoms with E-state index in [1.165, 1.54) is 14.0 Å². The number of amides is 4. The lowest BCUT2D eigenvalue weighted by Gasteiger charge is -2.30. The van der Waals surface area contributed by atoms with E-state index >= 15 is 0 Å². The molecule has 12 nitrogen and oxygen atoms in total. The Hall–Kier alpha value is -4.68. The fraction of sp³-hybridized carbons (Fsp3) is 0.487. The molecule has 2 unspecified atom stereocenters. The van der Waals surface area contributed by atoms with Gasteiger partial charge >= 0.3 is 0 Å². The number of hydrogen-bond donors (Lipinski definition) is 5. The average Bonchev–Trinajstić information content (AvgIpc) is 3.61. The molecule has 278 valence electrons. The minimum atomic E-state index is -0.979. The Labute approximate surface area is 302 Å². The van der Waals surface area contributed by atoms with Crippen LogP contribution < -0.4 is 26.6 Å².